The molecule has 114 valence electrons. The molecule has 0 aromatic heterocycles. The fourth-order valence-electron chi connectivity index (χ4n) is 2.11. The van der Waals surface area contributed by atoms with E-state index in [1.165, 1.54) is 19.1 Å². The number of benzene rings is 2. The Labute approximate surface area is 136 Å². The van der Waals surface area contributed by atoms with Crippen LogP contribution in [0.25, 0.3) is 0 Å². The average Bonchev–Trinajstić information content (AvgIpc) is 2.43. The molecule has 0 aliphatic rings. The molecule has 22 heavy (non-hydrogen) atoms. The van der Waals surface area contributed by atoms with Crippen molar-refractivity contribution < 1.29 is 14.5 Å². The van der Waals surface area contributed by atoms with Gasteiger partial charge in [0, 0.05) is 17.7 Å². The number of carbonyl (C=O) groups excluding carboxylic acids is 1. The topological polar surface area (TPSA) is 69.4 Å². The minimum atomic E-state index is -0.466. The van der Waals surface area contributed by atoms with E-state index in [1.807, 2.05) is 13.8 Å². The van der Waals surface area contributed by atoms with Crippen molar-refractivity contribution in [3.05, 3.63) is 61.6 Å². The zero-order valence-electron chi connectivity index (χ0n) is 12.3. The van der Waals surface area contributed by atoms with E-state index in [4.69, 9.17) is 4.74 Å². The first-order valence-electron chi connectivity index (χ1n) is 6.53. The van der Waals surface area contributed by atoms with Crippen LogP contribution in [0.4, 0.5) is 5.69 Å². The number of non-ortho nitro benzene ring substituents is 1. The molecule has 0 bridgehead atoms. The molecule has 0 heterocycles. The van der Waals surface area contributed by atoms with Crippen LogP contribution in [0.5, 0.6) is 11.5 Å². The van der Waals surface area contributed by atoms with Crippen LogP contribution in [-0.2, 0) is 0 Å². The lowest BCUT2D eigenvalue weighted by molar-refractivity contribution is -0.384. The number of Topliss-reactive ketones (excluding diaryl/α,β-unsaturated/α-hetero) is 1. The Morgan fingerprint density at radius 3 is 2.23 bits per heavy atom. The van der Waals surface area contributed by atoms with Gasteiger partial charge in [0.25, 0.3) is 5.69 Å². The predicted octanol–water partition coefficient (Wildman–Crippen LogP) is 4.97. The lowest BCUT2D eigenvalue weighted by atomic mass is 10.0. The van der Waals surface area contributed by atoms with Gasteiger partial charge in [0.2, 0.25) is 0 Å². The highest BCUT2D eigenvalue weighted by Crippen LogP contribution is 2.35. The lowest BCUT2D eigenvalue weighted by Gasteiger charge is -2.14. The van der Waals surface area contributed by atoms with E-state index >= 15 is 0 Å². The third kappa shape index (κ3) is 3.33. The fraction of sp³-hybridized carbons (Fsp3) is 0.188. The second-order valence-electron chi connectivity index (χ2n) is 4.97. The van der Waals surface area contributed by atoms with Gasteiger partial charge in [-0.25, -0.2) is 0 Å². The summed E-state index contributed by atoms with van der Waals surface area (Å²) in [5.41, 5.74) is 2.27. The standard InChI is InChI=1S/C16H14BrNO4/c1-9-6-12(11(3)19)7-10(2)16(9)22-15-5-4-13(18(20)21)8-14(15)17/h4-8H,1-3H3. The van der Waals surface area contributed by atoms with Crippen LogP contribution in [0.15, 0.2) is 34.8 Å². The summed E-state index contributed by atoms with van der Waals surface area (Å²) >= 11 is 3.28. The van der Waals surface area contributed by atoms with Crippen LogP contribution in [-0.4, -0.2) is 10.7 Å². The number of carbonyl (C=O) groups is 1. The molecule has 0 saturated heterocycles. The van der Waals surface area contributed by atoms with Gasteiger partial charge in [-0.15, -0.1) is 0 Å². The van der Waals surface area contributed by atoms with E-state index in [9.17, 15) is 14.9 Å². The first-order valence-corrected chi connectivity index (χ1v) is 7.33. The highest BCUT2D eigenvalue weighted by molar-refractivity contribution is 9.10. The second kappa shape index (κ2) is 6.27. The number of ether oxygens (including phenoxy) is 1. The lowest BCUT2D eigenvalue weighted by Crippen LogP contribution is -1.98. The van der Waals surface area contributed by atoms with Gasteiger partial charge < -0.3 is 4.74 Å². The van der Waals surface area contributed by atoms with Gasteiger partial charge in [-0.05, 0) is 66.0 Å². The number of hydrogen-bond donors (Lipinski definition) is 0. The quantitative estimate of drug-likeness (QED) is 0.436. The molecule has 0 N–H and O–H groups in total. The Hall–Kier alpha value is -2.21. The van der Waals surface area contributed by atoms with Crippen LogP contribution in [0, 0.1) is 24.0 Å². The van der Waals surface area contributed by atoms with Crippen molar-refractivity contribution in [3.63, 3.8) is 0 Å². The van der Waals surface area contributed by atoms with Gasteiger partial charge in [-0.3, -0.25) is 14.9 Å². The second-order valence-corrected chi connectivity index (χ2v) is 5.82. The van der Waals surface area contributed by atoms with Gasteiger partial charge in [0.15, 0.2) is 5.78 Å². The molecule has 0 fully saturated rings. The molecule has 0 saturated carbocycles. The molecule has 0 atom stereocenters. The molecular weight excluding hydrogens is 350 g/mol. The molecule has 0 radical (unpaired) electrons. The largest absolute Gasteiger partial charge is 0.456 e. The van der Waals surface area contributed by atoms with E-state index in [0.29, 0.717) is 21.5 Å². The van der Waals surface area contributed by atoms with Crippen LogP contribution >= 0.6 is 15.9 Å². The van der Waals surface area contributed by atoms with Crippen molar-refractivity contribution in [2.24, 2.45) is 0 Å². The van der Waals surface area contributed by atoms with Gasteiger partial charge in [-0.1, -0.05) is 0 Å². The highest BCUT2D eigenvalue weighted by Gasteiger charge is 2.14. The summed E-state index contributed by atoms with van der Waals surface area (Å²) in [5.74, 6) is 1.11. The smallest absolute Gasteiger partial charge is 0.270 e. The third-order valence-corrected chi connectivity index (χ3v) is 3.82. The van der Waals surface area contributed by atoms with Gasteiger partial charge >= 0.3 is 0 Å². The number of nitro benzene ring substituents is 1. The number of ketones is 1. The Kier molecular flexibility index (Phi) is 4.61. The Balaban J connectivity index is 2.39. The van der Waals surface area contributed by atoms with Gasteiger partial charge in [0.1, 0.15) is 11.5 Å². The molecule has 6 heteroatoms. The van der Waals surface area contributed by atoms with Crippen molar-refractivity contribution in [1.82, 2.24) is 0 Å². The monoisotopic (exact) mass is 363 g/mol. The molecule has 0 spiro atoms. The molecule has 2 rings (SSSR count). The van der Waals surface area contributed by atoms with Crippen molar-refractivity contribution in [1.29, 1.82) is 0 Å². The maximum Gasteiger partial charge on any atom is 0.270 e. The Morgan fingerprint density at radius 1 is 1.18 bits per heavy atom. The number of nitro groups is 1. The average molecular weight is 364 g/mol. The molecule has 2 aromatic rings. The summed E-state index contributed by atoms with van der Waals surface area (Å²) in [4.78, 5) is 21.7. The van der Waals surface area contributed by atoms with Crippen LogP contribution in [0.1, 0.15) is 28.4 Å². The summed E-state index contributed by atoms with van der Waals surface area (Å²) in [5, 5.41) is 10.7. The molecule has 2 aromatic carbocycles. The number of aryl methyl sites for hydroxylation is 2. The third-order valence-electron chi connectivity index (χ3n) is 3.21. The van der Waals surface area contributed by atoms with E-state index in [-0.39, 0.29) is 11.5 Å². The summed E-state index contributed by atoms with van der Waals surface area (Å²) in [6.07, 6.45) is 0. The van der Waals surface area contributed by atoms with E-state index < -0.39 is 4.92 Å². The molecule has 0 aliphatic heterocycles. The van der Waals surface area contributed by atoms with Crippen LogP contribution < -0.4 is 4.74 Å². The Morgan fingerprint density at radius 2 is 1.77 bits per heavy atom. The van der Waals surface area contributed by atoms with Gasteiger partial charge in [0.05, 0.1) is 9.40 Å². The molecule has 0 amide bonds. The highest BCUT2D eigenvalue weighted by atomic mass is 79.9. The van der Waals surface area contributed by atoms with Gasteiger partial charge in [-0.2, -0.15) is 0 Å². The van der Waals surface area contributed by atoms with E-state index in [0.717, 1.165) is 11.1 Å². The molecule has 5 nitrogen and oxygen atoms in total. The summed E-state index contributed by atoms with van der Waals surface area (Å²) in [6.45, 7) is 5.23. The minimum Gasteiger partial charge on any atom is -0.456 e. The first-order chi connectivity index (χ1) is 10.3. The van der Waals surface area contributed by atoms with Crippen molar-refractivity contribution in [3.8, 4) is 11.5 Å². The first kappa shape index (κ1) is 16.2. The maximum absolute atomic E-state index is 11.5. The molecular formula is C16H14BrNO4. The normalized spacial score (nSPS) is 10.4. The minimum absolute atomic E-state index is 0.00531. The Bertz CT molecular complexity index is 748. The van der Waals surface area contributed by atoms with Crippen LogP contribution in [0.3, 0.4) is 0 Å². The fourth-order valence-corrected chi connectivity index (χ4v) is 2.56. The van der Waals surface area contributed by atoms with Crippen molar-refractivity contribution >= 4 is 27.4 Å². The van der Waals surface area contributed by atoms with Crippen LogP contribution in [0.2, 0.25) is 0 Å². The predicted molar refractivity (Wildman–Crippen MR) is 86.8 cm³/mol. The molecule has 0 unspecified atom stereocenters. The SMILES string of the molecule is CC(=O)c1cc(C)c(Oc2ccc([N+](=O)[O-])cc2Br)c(C)c1. The zero-order chi connectivity index (χ0) is 16.4. The number of halogens is 1. The zero-order valence-corrected chi connectivity index (χ0v) is 13.9. The number of rotatable bonds is 4. The number of hydrogen-bond acceptors (Lipinski definition) is 4. The summed E-state index contributed by atoms with van der Waals surface area (Å²) in [7, 11) is 0. The van der Waals surface area contributed by atoms with Crippen molar-refractivity contribution in [2.75, 3.05) is 0 Å². The maximum atomic E-state index is 11.5. The van der Waals surface area contributed by atoms with E-state index in [2.05, 4.69) is 15.9 Å². The van der Waals surface area contributed by atoms with Crippen molar-refractivity contribution in [2.45, 2.75) is 20.8 Å². The van der Waals surface area contributed by atoms with E-state index in [1.54, 1.807) is 18.2 Å². The summed E-state index contributed by atoms with van der Waals surface area (Å²) < 4.78 is 6.36. The summed E-state index contributed by atoms with van der Waals surface area (Å²) in [6, 6.07) is 7.85. The number of nitrogens with zero attached hydrogens (tertiary/aromatic N) is 1. The molecule has 0 aliphatic carbocycles.